The van der Waals surface area contributed by atoms with Gasteiger partial charge in [-0.1, -0.05) is 35.9 Å². The van der Waals surface area contributed by atoms with Crippen molar-refractivity contribution in [2.24, 2.45) is 0 Å². The molecule has 0 saturated heterocycles. The molecular formula is C24H18ClF3N4O2. The number of nitrogens with one attached hydrogen (secondary N) is 1. The molecule has 1 aromatic heterocycles. The Balaban J connectivity index is 1.65. The minimum atomic E-state index is -4.49. The van der Waals surface area contributed by atoms with Gasteiger partial charge in [0.2, 0.25) is 0 Å². The molecule has 0 atom stereocenters. The van der Waals surface area contributed by atoms with Crippen LogP contribution in [0.2, 0.25) is 5.02 Å². The van der Waals surface area contributed by atoms with Crippen LogP contribution < -0.4 is 10.1 Å². The Kier molecular flexibility index (Phi) is 6.56. The predicted molar refractivity (Wildman–Crippen MR) is 122 cm³/mol. The average molecular weight is 487 g/mol. The summed E-state index contributed by atoms with van der Waals surface area (Å²) in [5, 5.41) is 7.37. The van der Waals surface area contributed by atoms with Crippen LogP contribution in [0.25, 0.3) is 17.1 Å². The molecule has 10 heteroatoms. The number of alkyl halides is 3. The van der Waals surface area contributed by atoms with Gasteiger partial charge in [-0.3, -0.25) is 4.79 Å². The number of benzene rings is 3. The number of carbonyl (C=O) groups excluding carboxylic acids is 1. The molecule has 174 valence electrons. The number of ether oxygens (including phenoxy) is 1. The van der Waals surface area contributed by atoms with Crippen molar-refractivity contribution < 1.29 is 22.7 Å². The van der Waals surface area contributed by atoms with Crippen LogP contribution >= 0.6 is 11.6 Å². The van der Waals surface area contributed by atoms with Gasteiger partial charge < -0.3 is 10.1 Å². The molecule has 0 spiro atoms. The van der Waals surface area contributed by atoms with E-state index >= 15 is 0 Å². The van der Waals surface area contributed by atoms with E-state index in [0.29, 0.717) is 28.6 Å². The number of hydrogen-bond acceptors (Lipinski definition) is 4. The molecule has 4 aromatic rings. The first-order valence-electron chi connectivity index (χ1n) is 10.2. The Bertz CT molecular complexity index is 1320. The Labute approximate surface area is 198 Å². The largest absolute Gasteiger partial charge is 0.463 e. The first-order chi connectivity index (χ1) is 16.3. The first kappa shape index (κ1) is 23.3. The Hall–Kier alpha value is -3.85. The number of rotatable bonds is 6. The first-order valence-corrected chi connectivity index (χ1v) is 10.6. The summed E-state index contributed by atoms with van der Waals surface area (Å²) in [5.74, 6) is -0.190. The molecule has 0 aliphatic heterocycles. The minimum Gasteiger partial charge on any atom is -0.463 e. The lowest BCUT2D eigenvalue weighted by Crippen LogP contribution is -2.12. The fourth-order valence-corrected chi connectivity index (χ4v) is 3.44. The van der Waals surface area contributed by atoms with E-state index in [2.05, 4.69) is 15.4 Å². The maximum absolute atomic E-state index is 13.2. The smallest absolute Gasteiger partial charge is 0.416 e. The van der Waals surface area contributed by atoms with Gasteiger partial charge in [0, 0.05) is 11.3 Å². The van der Waals surface area contributed by atoms with E-state index in [-0.39, 0.29) is 23.3 Å². The molecule has 0 unspecified atom stereocenters. The van der Waals surface area contributed by atoms with Crippen molar-refractivity contribution in [1.29, 1.82) is 0 Å². The van der Waals surface area contributed by atoms with Crippen LogP contribution in [0.1, 0.15) is 22.8 Å². The molecule has 0 saturated carbocycles. The normalized spacial score (nSPS) is 11.3. The summed E-state index contributed by atoms with van der Waals surface area (Å²) in [5.41, 5.74) is 0.776. The SMILES string of the molecule is CCOc1nc(-c2cccc(C(F)(F)F)c2)n(-c2ccc(NC(=O)c3ccccc3Cl)cc2)n1. The molecule has 34 heavy (non-hydrogen) atoms. The lowest BCUT2D eigenvalue weighted by atomic mass is 10.1. The van der Waals surface area contributed by atoms with Gasteiger partial charge >= 0.3 is 12.2 Å². The standard InChI is InChI=1S/C24H18ClF3N4O2/c1-2-34-23-30-21(15-6-5-7-16(14-15)24(26,27)28)32(31-23)18-12-10-17(11-13-18)29-22(33)19-8-3-4-9-20(19)25/h3-14H,2H2,1H3,(H,29,33). The molecule has 0 fully saturated rings. The third-order valence-corrected chi connectivity index (χ3v) is 5.13. The number of amides is 1. The number of nitrogens with zero attached hydrogens (tertiary/aromatic N) is 3. The summed E-state index contributed by atoms with van der Waals surface area (Å²) in [4.78, 5) is 16.8. The van der Waals surface area contributed by atoms with E-state index in [9.17, 15) is 18.0 Å². The minimum absolute atomic E-state index is 0.0333. The highest BCUT2D eigenvalue weighted by atomic mass is 35.5. The van der Waals surface area contributed by atoms with Crippen molar-refractivity contribution in [2.45, 2.75) is 13.1 Å². The highest BCUT2D eigenvalue weighted by molar-refractivity contribution is 6.34. The summed E-state index contributed by atoms with van der Waals surface area (Å²) in [6, 6.07) is 18.1. The zero-order valence-electron chi connectivity index (χ0n) is 17.8. The van der Waals surface area contributed by atoms with Gasteiger partial charge in [0.25, 0.3) is 5.91 Å². The fraction of sp³-hybridized carbons (Fsp3) is 0.125. The van der Waals surface area contributed by atoms with Crippen molar-refractivity contribution in [3.63, 3.8) is 0 Å². The monoisotopic (exact) mass is 486 g/mol. The van der Waals surface area contributed by atoms with Crippen molar-refractivity contribution >= 4 is 23.2 Å². The average Bonchev–Trinajstić information content (AvgIpc) is 3.23. The topological polar surface area (TPSA) is 69.0 Å². The lowest BCUT2D eigenvalue weighted by Gasteiger charge is -2.10. The summed E-state index contributed by atoms with van der Waals surface area (Å²) in [7, 11) is 0. The van der Waals surface area contributed by atoms with Gasteiger partial charge in [0.05, 0.1) is 28.4 Å². The summed E-state index contributed by atoms with van der Waals surface area (Å²) in [6.07, 6.45) is -4.49. The van der Waals surface area contributed by atoms with E-state index in [1.807, 2.05) is 0 Å². The molecule has 1 N–H and O–H groups in total. The molecule has 0 bridgehead atoms. The van der Waals surface area contributed by atoms with Crippen LogP contribution in [0, 0.1) is 0 Å². The van der Waals surface area contributed by atoms with E-state index in [0.717, 1.165) is 12.1 Å². The quantitative estimate of drug-likeness (QED) is 0.349. The molecular weight excluding hydrogens is 469 g/mol. The number of halogens is 4. The molecule has 4 rings (SSSR count). The van der Waals surface area contributed by atoms with Gasteiger partial charge in [-0.2, -0.15) is 18.2 Å². The summed E-state index contributed by atoms with van der Waals surface area (Å²) >= 11 is 6.07. The summed E-state index contributed by atoms with van der Waals surface area (Å²) in [6.45, 7) is 2.04. The van der Waals surface area contributed by atoms with Crippen molar-refractivity contribution in [3.05, 3.63) is 88.9 Å². The van der Waals surface area contributed by atoms with Crippen LogP contribution in [0.15, 0.2) is 72.8 Å². The van der Waals surface area contributed by atoms with Crippen LogP contribution in [0.4, 0.5) is 18.9 Å². The lowest BCUT2D eigenvalue weighted by molar-refractivity contribution is -0.137. The van der Waals surface area contributed by atoms with Gasteiger partial charge in [0.15, 0.2) is 5.82 Å². The maximum atomic E-state index is 13.2. The second-order valence-electron chi connectivity index (χ2n) is 7.12. The maximum Gasteiger partial charge on any atom is 0.416 e. The number of aromatic nitrogens is 3. The zero-order valence-corrected chi connectivity index (χ0v) is 18.6. The zero-order chi connectivity index (χ0) is 24.3. The second kappa shape index (κ2) is 9.56. The van der Waals surface area contributed by atoms with E-state index in [1.165, 1.54) is 16.8 Å². The Morgan fingerprint density at radius 1 is 1.06 bits per heavy atom. The van der Waals surface area contributed by atoms with E-state index in [1.54, 1.807) is 55.5 Å². The highest BCUT2D eigenvalue weighted by Gasteiger charge is 2.31. The number of anilines is 1. The van der Waals surface area contributed by atoms with Crippen LogP contribution in [0.3, 0.4) is 0 Å². The van der Waals surface area contributed by atoms with Gasteiger partial charge in [-0.25, -0.2) is 4.68 Å². The third kappa shape index (κ3) is 5.04. The number of hydrogen-bond donors (Lipinski definition) is 1. The van der Waals surface area contributed by atoms with Crippen molar-refractivity contribution in [2.75, 3.05) is 11.9 Å². The second-order valence-corrected chi connectivity index (χ2v) is 7.53. The molecule has 0 aliphatic carbocycles. The van der Waals surface area contributed by atoms with Crippen LogP contribution in [-0.4, -0.2) is 27.3 Å². The molecule has 3 aromatic carbocycles. The van der Waals surface area contributed by atoms with Crippen LogP contribution in [0.5, 0.6) is 6.01 Å². The van der Waals surface area contributed by atoms with Gasteiger partial charge in [-0.05, 0) is 55.5 Å². The van der Waals surface area contributed by atoms with Crippen molar-refractivity contribution in [3.8, 4) is 23.1 Å². The van der Waals surface area contributed by atoms with Crippen molar-refractivity contribution in [1.82, 2.24) is 14.8 Å². The molecule has 1 heterocycles. The molecule has 0 radical (unpaired) electrons. The summed E-state index contributed by atoms with van der Waals surface area (Å²) < 4.78 is 46.4. The van der Waals surface area contributed by atoms with Gasteiger partial charge in [-0.15, -0.1) is 5.10 Å². The molecule has 0 aliphatic rings. The van der Waals surface area contributed by atoms with E-state index < -0.39 is 11.7 Å². The van der Waals surface area contributed by atoms with Gasteiger partial charge in [0.1, 0.15) is 0 Å². The fourth-order valence-electron chi connectivity index (χ4n) is 3.21. The highest BCUT2D eigenvalue weighted by Crippen LogP contribution is 2.33. The molecule has 6 nitrogen and oxygen atoms in total. The number of carbonyl (C=O) groups is 1. The Morgan fingerprint density at radius 3 is 2.47 bits per heavy atom. The Morgan fingerprint density at radius 2 is 1.79 bits per heavy atom. The third-order valence-electron chi connectivity index (χ3n) is 4.80. The van der Waals surface area contributed by atoms with E-state index in [4.69, 9.17) is 16.3 Å². The van der Waals surface area contributed by atoms with Crippen LogP contribution in [-0.2, 0) is 6.18 Å². The molecule has 1 amide bonds. The predicted octanol–water partition coefficient (Wildman–Crippen LogP) is 6.26.